The standard InChI is InChI=1S/C11H18N/c1-2-6-10-9(5-1)11-7-3-4-8-12(10)11/h9,11H,1-8H2. The van der Waals surface area contributed by atoms with Crippen molar-refractivity contribution in [2.45, 2.75) is 51.0 Å². The van der Waals surface area contributed by atoms with Gasteiger partial charge in [0.2, 0.25) is 0 Å². The third-order valence-corrected chi connectivity index (χ3v) is 4.01. The van der Waals surface area contributed by atoms with Crippen molar-refractivity contribution >= 4 is 0 Å². The van der Waals surface area contributed by atoms with Crippen molar-refractivity contribution < 1.29 is 0 Å². The Morgan fingerprint density at radius 3 is 2.92 bits per heavy atom. The molecule has 2 atom stereocenters. The molecule has 12 heavy (non-hydrogen) atoms. The summed E-state index contributed by atoms with van der Waals surface area (Å²) in [7, 11) is 0. The molecule has 3 rings (SSSR count). The predicted molar refractivity (Wildman–Crippen MR) is 49.5 cm³/mol. The van der Waals surface area contributed by atoms with E-state index in [0.717, 1.165) is 12.0 Å². The average molecular weight is 164 g/mol. The van der Waals surface area contributed by atoms with Gasteiger partial charge in [-0.1, -0.05) is 19.3 Å². The van der Waals surface area contributed by atoms with Gasteiger partial charge in [0.1, 0.15) is 0 Å². The number of hydrogen-bond donors (Lipinski definition) is 0. The number of hydrogen-bond acceptors (Lipinski definition) is 1. The van der Waals surface area contributed by atoms with Crippen molar-refractivity contribution in [3.05, 3.63) is 6.04 Å². The zero-order chi connectivity index (χ0) is 7.97. The zero-order valence-corrected chi connectivity index (χ0v) is 7.76. The lowest BCUT2D eigenvalue weighted by Gasteiger charge is -2.59. The Hall–Kier alpha value is -0.0400. The maximum absolute atomic E-state index is 2.73. The third-order valence-electron chi connectivity index (χ3n) is 4.01. The van der Waals surface area contributed by atoms with E-state index in [2.05, 4.69) is 4.90 Å². The molecule has 1 aliphatic carbocycles. The van der Waals surface area contributed by atoms with E-state index in [1.54, 1.807) is 0 Å². The second kappa shape index (κ2) is 2.73. The molecule has 0 amide bonds. The normalized spacial score (nSPS) is 43.0. The van der Waals surface area contributed by atoms with E-state index >= 15 is 0 Å². The molecule has 2 saturated heterocycles. The molecule has 2 heterocycles. The van der Waals surface area contributed by atoms with Crippen LogP contribution in [0.4, 0.5) is 0 Å². The first kappa shape index (κ1) is 7.37. The highest BCUT2D eigenvalue weighted by Crippen LogP contribution is 2.50. The first-order valence-electron chi connectivity index (χ1n) is 5.59. The van der Waals surface area contributed by atoms with Crippen LogP contribution >= 0.6 is 0 Å². The molecule has 0 spiro atoms. The van der Waals surface area contributed by atoms with Crippen LogP contribution in [0.2, 0.25) is 0 Å². The van der Waals surface area contributed by atoms with Crippen molar-refractivity contribution in [3.8, 4) is 0 Å². The van der Waals surface area contributed by atoms with Gasteiger partial charge in [-0.2, -0.15) is 0 Å². The van der Waals surface area contributed by atoms with Crippen molar-refractivity contribution in [3.63, 3.8) is 0 Å². The number of fused-ring (bicyclic) bond motifs is 4. The Morgan fingerprint density at radius 2 is 1.92 bits per heavy atom. The van der Waals surface area contributed by atoms with Gasteiger partial charge in [0.05, 0.1) is 0 Å². The topological polar surface area (TPSA) is 3.24 Å². The molecule has 0 aromatic heterocycles. The highest BCUT2D eigenvalue weighted by Gasteiger charge is 2.49. The highest BCUT2D eigenvalue weighted by molar-refractivity contribution is 5.15. The summed E-state index contributed by atoms with van der Waals surface area (Å²) in [5.41, 5.74) is 0. The molecule has 0 aromatic rings. The lowest BCUT2D eigenvalue weighted by molar-refractivity contribution is -0.0298. The second-order valence-corrected chi connectivity index (χ2v) is 4.60. The molecular weight excluding hydrogens is 146 g/mol. The molecule has 3 fully saturated rings. The Labute approximate surface area is 75.1 Å². The fourth-order valence-corrected chi connectivity index (χ4v) is 3.44. The molecule has 1 saturated carbocycles. The van der Waals surface area contributed by atoms with E-state index in [0.29, 0.717) is 0 Å². The Bertz CT molecular complexity index is 130. The maximum atomic E-state index is 2.73. The Morgan fingerprint density at radius 1 is 1.00 bits per heavy atom. The average Bonchev–Trinajstić information content (AvgIpc) is 2.14. The lowest BCUT2D eigenvalue weighted by Crippen LogP contribution is -2.61. The summed E-state index contributed by atoms with van der Waals surface area (Å²) < 4.78 is 0. The number of piperidine rings is 1. The van der Waals surface area contributed by atoms with Crippen LogP contribution in [0.25, 0.3) is 0 Å². The molecule has 0 bridgehead atoms. The summed E-state index contributed by atoms with van der Waals surface area (Å²) in [5, 5.41) is 0. The van der Waals surface area contributed by atoms with Crippen molar-refractivity contribution in [2.75, 3.05) is 6.54 Å². The van der Waals surface area contributed by atoms with Crippen LogP contribution in [0.1, 0.15) is 44.9 Å². The quantitative estimate of drug-likeness (QED) is 0.532. The van der Waals surface area contributed by atoms with Gasteiger partial charge >= 0.3 is 0 Å². The predicted octanol–water partition coefficient (Wildman–Crippen LogP) is 2.58. The molecule has 0 N–H and O–H groups in total. The minimum atomic E-state index is 0.994. The molecule has 67 valence electrons. The van der Waals surface area contributed by atoms with Gasteiger partial charge in [-0.05, 0) is 38.1 Å². The van der Waals surface area contributed by atoms with Gasteiger partial charge in [0, 0.05) is 12.1 Å². The van der Waals surface area contributed by atoms with Crippen LogP contribution in [0.3, 0.4) is 0 Å². The van der Waals surface area contributed by atoms with E-state index < -0.39 is 0 Å². The van der Waals surface area contributed by atoms with Gasteiger partial charge < -0.3 is 0 Å². The van der Waals surface area contributed by atoms with E-state index in [9.17, 15) is 0 Å². The molecule has 1 heteroatoms. The van der Waals surface area contributed by atoms with E-state index in [1.807, 2.05) is 6.04 Å². The van der Waals surface area contributed by atoms with Crippen LogP contribution in [-0.4, -0.2) is 17.5 Å². The van der Waals surface area contributed by atoms with Crippen molar-refractivity contribution in [2.24, 2.45) is 5.92 Å². The number of nitrogens with zero attached hydrogens (tertiary/aromatic N) is 1. The van der Waals surface area contributed by atoms with Crippen LogP contribution in [0, 0.1) is 12.0 Å². The van der Waals surface area contributed by atoms with E-state index in [-0.39, 0.29) is 0 Å². The SMILES string of the molecule is C1CCC2[C](C1)N1CCCCC21. The smallest absolute Gasteiger partial charge is 0.0442 e. The molecule has 1 nitrogen and oxygen atoms in total. The van der Waals surface area contributed by atoms with Gasteiger partial charge in [0.15, 0.2) is 0 Å². The Balaban J connectivity index is 1.73. The van der Waals surface area contributed by atoms with Crippen LogP contribution in [-0.2, 0) is 0 Å². The summed E-state index contributed by atoms with van der Waals surface area (Å²) in [4.78, 5) is 2.73. The summed E-state index contributed by atoms with van der Waals surface area (Å²) in [6.07, 6.45) is 10.3. The minimum absolute atomic E-state index is 0.994. The fraction of sp³-hybridized carbons (Fsp3) is 0.909. The zero-order valence-electron chi connectivity index (χ0n) is 7.76. The van der Waals surface area contributed by atoms with Crippen molar-refractivity contribution in [1.29, 1.82) is 0 Å². The molecule has 2 aliphatic heterocycles. The van der Waals surface area contributed by atoms with E-state index in [4.69, 9.17) is 0 Å². The minimum Gasteiger partial charge on any atom is -0.292 e. The summed E-state index contributed by atoms with van der Waals surface area (Å²) in [6, 6.07) is 2.83. The van der Waals surface area contributed by atoms with Crippen LogP contribution in [0.5, 0.6) is 0 Å². The molecule has 2 unspecified atom stereocenters. The van der Waals surface area contributed by atoms with Gasteiger partial charge in [0.25, 0.3) is 0 Å². The molecule has 0 aromatic carbocycles. The maximum Gasteiger partial charge on any atom is 0.0442 e. The van der Waals surface area contributed by atoms with Gasteiger partial charge in [-0.15, -0.1) is 0 Å². The van der Waals surface area contributed by atoms with E-state index in [1.165, 1.54) is 51.5 Å². The molecular formula is C11H18N. The fourth-order valence-electron chi connectivity index (χ4n) is 3.44. The first-order valence-corrected chi connectivity index (χ1v) is 5.59. The number of rotatable bonds is 0. The monoisotopic (exact) mass is 164 g/mol. The highest BCUT2D eigenvalue weighted by atomic mass is 15.3. The largest absolute Gasteiger partial charge is 0.292 e. The summed E-state index contributed by atoms with van der Waals surface area (Å²) in [5.74, 6) is 1.04. The van der Waals surface area contributed by atoms with Crippen LogP contribution in [0.15, 0.2) is 0 Å². The molecule has 1 radical (unpaired) electrons. The second-order valence-electron chi connectivity index (χ2n) is 4.60. The van der Waals surface area contributed by atoms with Gasteiger partial charge in [-0.25, -0.2) is 0 Å². The summed E-state index contributed by atoms with van der Waals surface area (Å²) >= 11 is 0. The summed E-state index contributed by atoms with van der Waals surface area (Å²) in [6.45, 7) is 1.39. The lowest BCUT2D eigenvalue weighted by atomic mass is 9.68. The van der Waals surface area contributed by atoms with Crippen molar-refractivity contribution in [1.82, 2.24) is 4.90 Å². The molecule has 3 aliphatic rings. The first-order chi connectivity index (χ1) is 5.97. The van der Waals surface area contributed by atoms with Crippen LogP contribution < -0.4 is 0 Å². The third kappa shape index (κ3) is 0.891. The van der Waals surface area contributed by atoms with Gasteiger partial charge in [-0.3, -0.25) is 4.90 Å². The Kier molecular flexibility index (Phi) is 1.68.